The number of para-hydroxylation sites is 1. The van der Waals surface area contributed by atoms with Gasteiger partial charge in [-0.25, -0.2) is 4.98 Å². The number of amides is 1. The van der Waals surface area contributed by atoms with E-state index in [1.54, 1.807) is 4.90 Å². The third kappa shape index (κ3) is 5.22. The smallest absolute Gasteiger partial charge is 0.260 e. The molecule has 0 aliphatic carbocycles. The van der Waals surface area contributed by atoms with Gasteiger partial charge in [-0.2, -0.15) is 0 Å². The Balaban J connectivity index is 0.00000280. The lowest BCUT2D eigenvalue weighted by Gasteiger charge is -2.21. The largest absolute Gasteiger partial charge is 0.492 e. The van der Waals surface area contributed by atoms with Crippen molar-refractivity contribution in [2.24, 2.45) is 0 Å². The minimum atomic E-state index is -0.0219. The molecule has 0 aliphatic heterocycles. The molecule has 28 heavy (non-hydrogen) atoms. The SMILES string of the molecule is CCOc1cccc2sc(N(CCCN(C)C)C(=O)c3ccccc3)nc12.Cl. The summed E-state index contributed by atoms with van der Waals surface area (Å²) in [4.78, 5) is 21.8. The normalized spacial score (nSPS) is 10.7. The maximum atomic E-state index is 13.2. The van der Waals surface area contributed by atoms with E-state index in [0.29, 0.717) is 23.8 Å². The Morgan fingerprint density at radius 3 is 2.50 bits per heavy atom. The number of ether oxygens (including phenoxy) is 1. The highest BCUT2D eigenvalue weighted by atomic mass is 35.5. The van der Waals surface area contributed by atoms with Crippen LogP contribution in [0.5, 0.6) is 5.75 Å². The van der Waals surface area contributed by atoms with Gasteiger partial charge in [0.2, 0.25) is 0 Å². The van der Waals surface area contributed by atoms with Crippen LogP contribution < -0.4 is 9.64 Å². The van der Waals surface area contributed by atoms with Crippen molar-refractivity contribution < 1.29 is 9.53 Å². The standard InChI is InChI=1S/C21H25N3O2S.ClH/c1-4-26-17-12-8-13-18-19(17)22-21(27-18)24(15-9-14-23(2)3)20(25)16-10-6-5-7-11-16;/h5-8,10-13H,4,9,14-15H2,1-3H3;1H. The molecule has 2 aromatic carbocycles. The molecular weight excluding hydrogens is 394 g/mol. The van der Waals surface area contributed by atoms with Crippen molar-refractivity contribution in [3.8, 4) is 5.75 Å². The molecule has 0 atom stereocenters. The van der Waals surface area contributed by atoms with Gasteiger partial charge in [0.25, 0.3) is 5.91 Å². The summed E-state index contributed by atoms with van der Waals surface area (Å²) in [5.74, 6) is 0.740. The van der Waals surface area contributed by atoms with E-state index in [1.165, 1.54) is 11.3 Å². The summed E-state index contributed by atoms with van der Waals surface area (Å²) in [6.07, 6.45) is 0.875. The lowest BCUT2D eigenvalue weighted by Crippen LogP contribution is -2.33. The van der Waals surface area contributed by atoms with Crippen LogP contribution in [0.25, 0.3) is 10.2 Å². The molecule has 0 N–H and O–H groups in total. The van der Waals surface area contributed by atoms with E-state index in [-0.39, 0.29) is 18.3 Å². The number of halogens is 1. The van der Waals surface area contributed by atoms with Crippen molar-refractivity contribution in [2.45, 2.75) is 13.3 Å². The fourth-order valence-corrected chi connectivity index (χ4v) is 3.87. The first-order chi connectivity index (χ1) is 13.1. The second kappa shape index (κ2) is 10.4. The second-order valence-electron chi connectivity index (χ2n) is 6.51. The van der Waals surface area contributed by atoms with Crippen LogP contribution >= 0.6 is 23.7 Å². The first-order valence-electron chi connectivity index (χ1n) is 9.14. The van der Waals surface area contributed by atoms with Crippen LogP contribution in [0, 0.1) is 0 Å². The van der Waals surface area contributed by atoms with Gasteiger partial charge >= 0.3 is 0 Å². The molecule has 1 aromatic heterocycles. The average Bonchev–Trinajstić information content (AvgIpc) is 3.10. The number of benzene rings is 2. The van der Waals surface area contributed by atoms with Crippen molar-refractivity contribution >= 4 is 45.0 Å². The van der Waals surface area contributed by atoms with E-state index in [4.69, 9.17) is 9.72 Å². The summed E-state index contributed by atoms with van der Waals surface area (Å²) >= 11 is 1.53. The van der Waals surface area contributed by atoms with E-state index in [0.717, 1.165) is 28.9 Å². The quantitative estimate of drug-likeness (QED) is 0.530. The molecular formula is C21H26ClN3O2S. The summed E-state index contributed by atoms with van der Waals surface area (Å²) < 4.78 is 6.73. The van der Waals surface area contributed by atoms with Gasteiger partial charge < -0.3 is 9.64 Å². The molecule has 0 spiro atoms. The lowest BCUT2D eigenvalue weighted by molar-refractivity contribution is 0.0986. The topological polar surface area (TPSA) is 45.7 Å². The minimum absolute atomic E-state index is 0. The van der Waals surface area contributed by atoms with E-state index >= 15 is 0 Å². The summed E-state index contributed by atoms with van der Waals surface area (Å²) in [5, 5.41) is 0.713. The van der Waals surface area contributed by atoms with E-state index in [1.807, 2.05) is 69.6 Å². The maximum absolute atomic E-state index is 13.2. The summed E-state index contributed by atoms with van der Waals surface area (Å²) in [5.41, 5.74) is 1.49. The lowest BCUT2D eigenvalue weighted by atomic mass is 10.2. The number of aromatic nitrogens is 1. The van der Waals surface area contributed by atoms with Gasteiger partial charge in [-0.15, -0.1) is 12.4 Å². The monoisotopic (exact) mass is 419 g/mol. The Labute approximate surface area is 176 Å². The van der Waals surface area contributed by atoms with E-state index in [9.17, 15) is 4.79 Å². The Kier molecular flexibility index (Phi) is 8.23. The summed E-state index contributed by atoms with van der Waals surface area (Å²) in [7, 11) is 4.07. The van der Waals surface area contributed by atoms with E-state index in [2.05, 4.69) is 4.90 Å². The van der Waals surface area contributed by atoms with Crippen LogP contribution in [0.1, 0.15) is 23.7 Å². The highest BCUT2D eigenvalue weighted by molar-refractivity contribution is 7.22. The second-order valence-corrected chi connectivity index (χ2v) is 7.52. The number of nitrogens with zero attached hydrogens (tertiary/aromatic N) is 3. The van der Waals surface area contributed by atoms with Gasteiger partial charge in [0.1, 0.15) is 11.3 Å². The summed E-state index contributed by atoms with van der Waals surface area (Å²) in [6, 6.07) is 15.3. The number of hydrogen-bond donors (Lipinski definition) is 0. The Hall–Kier alpha value is -2.15. The fourth-order valence-electron chi connectivity index (χ4n) is 2.86. The van der Waals surface area contributed by atoms with Crippen molar-refractivity contribution in [2.75, 3.05) is 38.7 Å². The zero-order chi connectivity index (χ0) is 19.2. The van der Waals surface area contributed by atoms with Crippen LogP contribution in [0.4, 0.5) is 5.13 Å². The Morgan fingerprint density at radius 1 is 1.07 bits per heavy atom. The number of anilines is 1. The fraction of sp³-hybridized carbons (Fsp3) is 0.333. The van der Waals surface area contributed by atoms with Crippen molar-refractivity contribution in [3.63, 3.8) is 0 Å². The van der Waals surface area contributed by atoms with Crippen LogP contribution in [0.2, 0.25) is 0 Å². The number of carbonyl (C=O) groups excluding carboxylic acids is 1. The molecule has 5 nitrogen and oxygen atoms in total. The highest BCUT2D eigenvalue weighted by Gasteiger charge is 2.22. The van der Waals surface area contributed by atoms with Crippen molar-refractivity contribution in [1.29, 1.82) is 0 Å². The van der Waals surface area contributed by atoms with Crippen LogP contribution in [0.3, 0.4) is 0 Å². The summed E-state index contributed by atoms with van der Waals surface area (Å²) in [6.45, 7) is 4.07. The predicted molar refractivity (Wildman–Crippen MR) is 119 cm³/mol. The van der Waals surface area contributed by atoms with Crippen LogP contribution in [-0.2, 0) is 0 Å². The zero-order valence-corrected chi connectivity index (χ0v) is 18.1. The van der Waals surface area contributed by atoms with Crippen LogP contribution in [-0.4, -0.2) is 49.6 Å². The van der Waals surface area contributed by atoms with Crippen LogP contribution in [0.15, 0.2) is 48.5 Å². The highest BCUT2D eigenvalue weighted by Crippen LogP contribution is 2.34. The molecule has 0 bridgehead atoms. The molecule has 0 radical (unpaired) electrons. The molecule has 1 amide bonds. The van der Waals surface area contributed by atoms with Gasteiger partial charge in [-0.3, -0.25) is 9.69 Å². The molecule has 0 saturated heterocycles. The predicted octanol–water partition coefficient (Wildman–Crippen LogP) is 4.72. The minimum Gasteiger partial charge on any atom is -0.492 e. The molecule has 1 heterocycles. The first kappa shape index (κ1) is 22.1. The number of thiazole rings is 1. The third-order valence-corrected chi connectivity index (χ3v) is 5.20. The number of carbonyl (C=O) groups is 1. The molecule has 3 rings (SSSR count). The molecule has 0 fully saturated rings. The van der Waals surface area contributed by atoms with Crippen molar-refractivity contribution in [3.05, 3.63) is 54.1 Å². The molecule has 150 valence electrons. The third-order valence-electron chi connectivity index (χ3n) is 4.15. The molecule has 0 aliphatic rings. The molecule has 7 heteroatoms. The number of fused-ring (bicyclic) bond motifs is 1. The zero-order valence-electron chi connectivity index (χ0n) is 16.4. The van der Waals surface area contributed by atoms with E-state index < -0.39 is 0 Å². The molecule has 0 saturated carbocycles. The van der Waals surface area contributed by atoms with Gasteiger partial charge in [-0.05, 0) is 58.3 Å². The van der Waals surface area contributed by atoms with Gasteiger partial charge in [0.05, 0.1) is 11.3 Å². The molecule has 0 unspecified atom stereocenters. The molecule has 3 aromatic rings. The van der Waals surface area contributed by atoms with Gasteiger partial charge in [0, 0.05) is 12.1 Å². The number of rotatable bonds is 8. The number of hydrogen-bond acceptors (Lipinski definition) is 5. The first-order valence-corrected chi connectivity index (χ1v) is 9.95. The Bertz CT molecular complexity index is 899. The van der Waals surface area contributed by atoms with Gasteiger partial charge in [0.15, 0.2) is 5.13 Å². The average molecular weight is 420 g/mol. The van der Waals surface area contributed by atoms with Gasteiger partial charge in [-0.1, -0.05) is 35.6 Å². The maximum Gasteiger partial charge on any atom is 0.260 e. The Morgan fingerprint density at radius 2 is 1.82 bits per heavy atom. The van der Waals surface area contributed by atoms with Crippen molar-refractivity contribution in [1.82, 2.24) is 9.88 Å².